The van der Waals surface area contributed by atoms with Crippen LogP contribution in [0.2, 0.25) is 0 Å². The molecule has 9 heteroatoms. The van der Waals surface area contributed by atoms with Gasteiger partial charge in [0.25, 0.3) is 0 Å². The number of nitrogens with zero attached hydrogens (tertiary/aromatic N) is 2. The quantitative estimate of drug-likeness (QED) is 0.771. The van der Waals surface area contributed by atoms with Gasteiger partial charge in [-0.15, -0.1) is 0 Å². The number of aromatic carboxylic acids is 1. The van der Waals surface area contributed by atoms with Crippen LogP contribution >= 0.6 is 0 Å². The zero-order chi connectivity index (χ0) is 22.0. The Balaban J connectivity index is 2.01. The molecule has 7 nitrogen and oxygen atoms in total. The van der Waals surface area contributed by atoms with Crippen LogP contribution < -0.4 is 20.8 Å². The summed E-state index contributed by atoms with van der Waals surface area (Å²) in [6.45, 7) is 4.83. The van der Waals surface area contributed by atoms with Crippen LogP contribution in [-0.2, 0) is 0 Å². The van der Waals surface area contributed by atoms with Crippen LogP contribution in [0.4, 0.5) is 14.5 Å². The van der Waals surface area contributed by atoms with Gasteiger partial charge in [0, 0.05) is 31.2 Å². The van der Waals surface area contributed by atoms with Crippen LogP contribution in [0.1, 0.15) is 43.1 Å². The van der Waals surface area contributed by atoms with Crippen LogP contribution in [0.3, 0.4) is 0 Å². The van der Waals surface area contributed by atoms with Gasteiger partial charge in [-0.2, -0.15) is 0 Å². The van der Waals surface area contributed by atoms with E-state index in [0.717, 1.165) is 18.7 Å². The van der Waals surface area contributed by atoms with Gasteiger partial charge in [0.15, 0.2) is 11.6 Å². The second kappa shape index (κ2) is 6.94. The third kappa shape index (κ3) is 3.03. The summed E-state index contributed by atoms with van der Waals surface area (Å²) in [6.07, 6.45) is 0.973. The summed E-state index contributed by atoms with van der Waals surface area (Å²) in [7, 11) is 1.35. The molecule has 162 valence electrons. The lowest BCUT2D eigenvalue weighted by Crippen LogP contribution is -2.44. The highest BCUT2D eigenvalue weighted by atomic mass is 19.1. The molecule has 1 aromatic heterocycles. The lowest BCUT2D eigenvalue weighted by atomic mass is 9.88. The summed E-state index contributed by atoms with van der Waals surface area (Å²) in [6, 6.07) is 0.404. The van der Waals surface area contributed by atoms with E-state index in [1.54, 1.807) is 4.90 Å². The molecule has 0 radical (unpaired) electrons. The van der Waals surface area contributed by atoms with Crippen molar-refractivity contribution in [1.29, 1.82) is 0 Å². The van der Waals surface area contributed by atoms with Crippen LogP contribution in [0.15, 0.2) is 17.1 Å². The molecule has 4 unspecified atom stereocenters. The van der Waals surface area contributed by atoms with E-state index in [2.05, 4.69) is 0 Å². The number of aromatic nitrogens is 1. The molecule has 2 fully saturated rings. The fourth-order valence-corrected chi connectivity index (χ4v) is 4.63. The summed E-state index contributed by atoms with van der Waals surface area (Å²) >= 11 is 0. The van der Waals surface area contributed by atoms with Crippen molar-refractivity contribution in [2.75, 3.05) is 25.1 Å². The number of benzene rings is 1. The van der Waals surface area contributed by atoms with Crippen LogP contribution in [-0.4, -0.2) is 47.6 Å². The number of carboxylic acid groups (broad SMARTS) is 1. The first-order valence-corrected chi connectivity index (χ1v) is 9.97. The van der Waals surface area contributed by atoms with E-state index in [9.17, 15) is 19.1 Å². The lowest BCUT2D eigenvalue weighted by molar-refractivity contribution is 0.0694. The molecule has 2 aromatic rings. The van der Waals surface area contributed by atoms with Crippen molar-refractivity contribution in [2.45, 2.75) is 44.4 Å². The number of hydrogen-bond acceptors (Lipinski definition) is 5. The van der Waals surface area contributed by atoms with Gasteiger partial charge < -0.3 is 25.0 Å². The van der Waals surface area contributed by atoms with E-state index in [0.29, 0.717) is 13.1 Å². The van der Waals surface area contributed by atoms with E-state index >= 15 is 4.39 Å². The van der Waals surface area contributed by atoms with Crippen molar-refractivity contribution < 1.29 is 23.4 Å². The zero-order valence-corrected chi connectivity index (χ0v) is 17.1. The number of alkyl halides is 1. The summed E-state index contributed by atoms with van der Waals surface area (Å²) in [5.74, 6) is -1.93. The Morgan fingerprint density at radius 3 is 2.63 bits per heavy atom. The van der Waals surface area contributed by atoms with Gasteiger partial charge >= 0.3 is 5.97 Å². The van der Waals surface area contributed by atoms with Gasteiger partial charge in [0.1, 0.15) is 17.4 Å². The Morgan fingerprint density at radius 2 is 2.13 bits per heavy atom. The molecule has 0 bridgehead atoms. The predicted molar refractivity (Wildman–Crippen MR) is 109 cm³/mol. The van der Waals surface area contributed by atoms with Crippen LogP contribution in [0, 0.1) is 11.7 Å². The molecule has 4 atom stereocenters. The molecule has 1 aliphatic heterocycles. The third-order valence-electron chi connectivity index (χ3n) is 6.39. The second-order valence-corrected chi connectivity index (χ2v) is 8.53. The maximum Gasteiger partial charge on any atom is 0.341 e. The minimum Gasteiger partial charge on any atom is -0.492 e. The number of anilines is 1. The average Bonchev–Trinajstić information content (AvgIpc) is 3.31. The van der Waals surface area contributed by atoms with Crippen molar-refractivity contribution in [3.05, 3.63) is 33.9 Å². The molecule has 4 rings (SSSR count). The van der Waals surface area contributed by atoms with E-state index in [1.165, 1.54) is 11.7 Å². The minimum absolute atomic E-state index is 0.0886. The summed E-state index contributed by atoms with van der Waals surface area (Å²) in [4.78, 5) is 26.1. The van der Waals surface area contributed by atoms with Gasteiger partial charge in [-0.3, -0.25) is 4.79 Å². The van der Waals surface area contributed by atoms with Gasteiger partial charge in [0.05, 0.1) is 24.1 Å². The number of nitrogens with two attached hydrogens (primary N) is 1. The molecule has 0 spiro atoms. The summed E-state index contributed by atoms with van der Waals surface area (Å²) < 4.78 is 36.2. The van der Waals surface area contributed by atoms with Crippen LogP contribution in [0.25, 0.3) is 10.9 Å². The molecular formula is C21H25F2N3O4. The number of pyridine rings is 1. The number of hydrogen-bond donors (Lipinski definition) is 2. The summed E-state index contributed by atoms with van der Waals surface area (Å²) in [5.41, 5.74) is 4.89. The number of rotatable bonds is 5. The van der Waals surface area contributed by atoms with Crippen molar-refractivity contribution >= 4 is 22.6 Å². The van der Waals surface area contributed by atoms with Crippen molar-refractivity contribution in [2.24, 2.45) is 11.7 Å². The highest BCUT2D eigenvalue weighted by molar-refractivity contribution is 5.97. The Kier molecular flexibility index (Phi) is 4.76. The summed E-state index contributed by atoms with van der Waals surface area (Å²) in [5, 5.41) is 9.26. The maximum atomic E-state index is 15.3. The normalized spacial score (nSPS) is 28.2. The fraction of sp³-hybridized carbons (Fsp3) is 0.524. The Labute approximate surface area is 172 Å². The van der Waals surface area contributed by atoms with E-state index < -0.39 is 40.5 Å². The van der Waals surface area contributed by atoms with E-state index in [-0.39, 0.29) is 34.7 Å². The van der Waals surface area contributed by atoms with Crippen LogP contribution in [0.5, 0.6) is 5.75 Å². The van der Waals surface area contributed by atoms with E-state index in [1.807, 2.05) is 13.8 Å². The average molecular weight is 421 g/mol. The predicted octanol–water partition coefficient (Wildman–Crippen LogP) is 2.69. The number of fused-ring (bicyclic) bond motifs is 1. The molecule has 2 heterocycles. The fourth-order valence-electron chi connectivity index (χ4n) is 4.63. The van der Waals surface area contributed by atoms with Crippen molar-refractivity contribution in [1.82, 2.24) is 4.57 Å². The molecule has 30 heavy (non-hydrogen) atoms. The van der Waals surface area contributed by atoms with Gasteiger partial charge in [0.2, 0.25) is 5.43 Å². The standard InChI is InChI=1S/C21H25F2N3O4/c1-4-10-7-25(9-21(10,2)24)17-14(23)5-11-16(19(17)30-3)26(15-6-13(15)22)8-12(18(11)27)20(28)29/h5,8,10,13,15H,4,6-7,9,24H2,1-3H3,(H,28,29). The van der Waals surface area contributed by atoms with Crippen molar-refractivity contribution in [3.8, 4) is 5.75 Å². The van der Waals surface area contributed by atoms with Gasteiger partial charge in [-0.1, -0.05) is 6.92 Å². The third-order valence-corrected chi connectivity index (χ3v) is 6.39. The zero-order valence-electron chi connectivity index (χ0n) is 17.1. The monoisotopic (exact) mass is 421 g/mol. The highest BCUT2D eigenvalue weighted by Crippen LogP contribution is 2.46. The molecule has 1 saturated heterocycles. The Hall–Kier alpha value is -2.68. The Morgan fingerprint density at radius 1 is 1.47 bits per heavy atom. The number of halogens is 2. The number of ether oxygens (including phenoxy) is 1. The van der Waals surface area contributed by atoms with Crippen molar-refractivity contribution in [3.63, 3.8) is 0 Å². The first-order valence-electron chi connectivity index (χ1n) is 9.97. The first kappa shape index (κ1) is 20.6. The maximum absolute atomic E-state index is 15.3. The highest BCUT2D eigenvalue weighted by Gasteiger charge is 2.43. The SMILES string of the molecule is CCC1CN(c2c(F)cc3c(=O)c(C(=O)O)cn(C4CC4F)c3c2OC)CC1(C)N. The van der Waals surface area contributed by atoms with Gasteiger partial charge in [-0.25, -0.2) is 13.6 Å². The minimum atomic E-state index is -1.45. The molecular weight excluding hydrogens is 396 g/mol. The lowest BCUT2D eigenvalue weighted by Gasteiger charge is -2.26. The molecule has 1 saturated carbocycles. The Bertz CT molecular complexity index is 1100. The molecule has 3 N–H and O–H groups in total. The van der Waals surface area contributed by atoms with Gasteiger partial charge in [-0.05, 0) is 25.3 Å². The largest absolute Gasteiger partial charge is 0.492 e. The molecule has 1 aliphatic carbocycles. The molecule has 1 aromatic carbocycles. The molecule has 2 aliphatic rings. The number of carbonyl (C=O) groups is 1. The number of methoxy groups -OCH3 is 1. The second-order valence-electron chi connectivity index (χ2n) is 8.53. The smallest absolute Gasteiger partial charge is 0.341 e. The number of carboxylic acids is 1. The van der Waals surface area contributed by atoms with E-state index in [4.69, 9.17) is 10.5 Å². The topological polar surface area (TPSA) is 97.8 Å². The molecule has 0 amide bonds. The first-order chi connectivity index (χ1) is 14.1.